The van der Waals surface area contributed by atoms with Crippen molar-refractivity contribution in [3.05, 3.63) is 89.0 Å². The van der Waals surface area contributed by atoms with Gasteiger partial charge in [0.2, 0.25) is 5.88 Å². The van der Waals surface area contributed by atoms with Crippen molar-refractivity contribution in [1.82, 2.24) is 4.98 Å². The molecule has 1 fully saturated rings. The van der Waals surface area contributed by atoms with Gasteiger partial charge in [0, 0.05) is 53.6 Å². The standard InChI is InChI=1S/C36H39N3O6/c1-23-16-26-18-25-19-27(37-35(40)45-36(2,3)4)8-11-32(25)44-34(26)30(17-23)31-20-28(39-12-14-42-15-13-39)21-33(38-31)43-22-24-6-9-29(41-5)10-7-24/h6-11,16-17,19-21H,12-15,18,22H2,1-5H3,(H,37,40). The van der Waals surface area contributed by atoms with E-state index < -0.39 is 11.7 Å². The smallest absolute Gasteiger partial charge is 0.412 e. The number of hydrogen-bond acceptors (Lipinski definition) is 8. The molecule has 1 aromatic heterocycles. The Balaban J connectivity index is 1.31. The van der Waals surface area contributed by atoms with Crippen molar-refractivity contribution >= 4 is 17.5 Å². The van der Waals surface area contributed by atoms with Gasteiger partial charge >= 0.3 is 6.09 Å². The summed E-state index contributed by atoms with van der Waals surface area (Å²) in [5, 5.41) is 2.83. The molecule has 0 unspecified atom stereocenters. The van der Waals surface area contributed by atoms with E-state index in [1.807, 2.05) is 69.3 Å². The summed E-state index contributed by atoms with van der Waals surface area (Å²) in [4.78, 5) is 19.6. The van der Waals surface area contributed by atoms with E-state index in [0.29, 0.717) is 37.8 Å². The van der Waals surface area contributed by atoms with Gasteiger partial charge in [0.05, 0.1) is 26.0 Å². The van der Waals surface area contributed by atoms with Gasteiger partial charge in [-0.25, -0.2) is 9.78 Å². The lowest BCUT2D eigenvalue weighted by atomic mass is 9.94. The molecule has 2 aliphatic rings. The van der Waals surface area contributed by atoms with Crippen LogP contribution in [0.4, 0.5) is 16.2 Å². The number of ether oxygens (including phenoxy) is 5. The van der Waals surface area contributed by atoms with Gasteiger partial charge in [-0.15, -0.1) is 0 Å². The number of hydrogen-bond donors (Lipinski definition) is 1. The number of benzene rings is 3. The summed E-state index contributed by atoms with van der Waals surface area (Å²) < 4.78 is 29.2. The fraction of sp³-hybridized carbons (Fsp3) is 0.333. The molecule has 0 radical (unpaired) electrons. The van der Waals surface area contributed by atoms with Crippen LogP contribution < -0.4 is 24.4 Å². The highest BCUT2D eigenvalue weighted by Gasteiger charge is 2.25. The second-order valence-electron chi connectivity index (χ2n) is 12.3. The summed E-state index contributed by atoms with van der Waals surface area (Å²) >= 11 is 0. The molecule has 1 amide bonds. The molecule has 1 saturated heterocycles. The molecule has 9 nitrogen and oxygen atoms in total. The Bertz CT molecular complexity index is 1690. The van der Waals surface area contributed by atoms with Crippen molar-refractivity contribution in [2.45, 2.75) is 46.3 Å². The molecule has 45 heavy (non-hydrogen) atoms. The zero-order valence-corrected chi connectivity index (χ0v) is 26.4. The fourth-order valence-electron chi connectivity index (χ4n) is 5.51. The number of pyridine rings is 1. The van der Waals surface area contributed by atoms with Crippen LogP contribution in [0.5, 0.6) is 23.1 Å². The Morgan fingerprint density at radius 1 is 0.978 bits per heavy atom. The number of anilines is 2. The lowest BCUT2D eigenvalue weighted by Gasteiger charge is -2.29. The van der Waals surface area contributed by atoms with E-state index in [1.54, 1.807) is 7.11 Å². The van der Waals surface area contributed by atoms with E-state index >= 15 is 0 Å². The van der Waals surface area contributed by atoms with Crippen molar-refractivity contribution in [3.8, 4) is 34.4 Å². The molecule has 0 bridgehead atoms. The topological polar surface area (TPSA) is 91.4 Å². The van der Waals surface area contributed by atoms with E-state index in [4.69, 9.17) is 28.7 Å². The van der Waals surface area contributed by atoms with Crippen LogP contribution in [0.3, 0.4) is 0 Å². The Kier molecular flexibility index (Phi) is 8.54. The van der Waals surface area contributed by atoms with Gasteiger partial charge in [0.25, 0.3) is 0 Å². The highest BCUT2D eigenvalue weighted by Crippen LogP contribution is 2.44. The van der Waals surface area contributed by atoms with Crippen molar-refractivity contribution < 1.29 is 28.5 Å². The van der Waals surface area contributed by atoms with Crippen LogP contribution in [-0.2, 0) is 22.5 Å². The highest BCUT2D eigenvalue weighted by atomic mass is 16.6. The Morgan fingerprint density at radius 3 is 2.49 bits per heavy atom. The predicted molar refractivity (Wildman–Crippen MR) is 174 cm³/mol. The number of amides is 1. The molecule has 2 aliphatic heterocycles. The fourth-order valence-corrected chi connectivity index (χ4v) is 5.51. The minimum Gasteiger partial charge on any atom is -0.497 e. The van der Waals surface area contributed by atoms with Crippen LogP contribution in [0.2, 0.25) is 0 Å². The summed E-state index contributed by atoms with van der Waals surface area (Å²) in [5.74, 6) is 2.85. The number of carbonyl (C=O) groups is 1. The van der Waals surface area contributed by atoms with E-state index in [0.717, 1.165) is 69.5 Å². The van der Waals surface area contributed by atoms with Crippen LogP contribution in [0.15, 0.2) is 66.7 Å². The molecule has 0 atom stereocenters. The molecule has 4 aromatic rings. The van der Waals surface area contributed by atoms with Gasteiger partial charge in [-0.05, 0) is 81.3 Å². The molecule has 3 heterocycles. The summed E-state index contributed by atoms with van der Waals surface area (Å²) in [6.45, 7) is 10.9. The lowest BCUT2D eigenvalue weighted by Crippen LogP contribution is -2.36. The molecule has 0 spiro atoms. The third-order valence-electron chi connectivity index (χ3n) is 7.59. The molecular weight excluding hydrogens is 570 g/mol. The molecule has 1 N–H and O–H groups in total. The van der Waals surface area contributed by atoms with E-state index in [9.17, 15) is 4.79 Å². The van der Waals surface area contributed by atoms with Crippen molar-refractivity contribution in [2.75, 3.05) is 43.6 Å². The molecule has 9 heteroatoms. The van der Waals surface area contributed by atoms with Crippen molar-refractivity contribution in [3.63, 3.8) is 0 Å². The molecule has 234 valence electrons. The Labute approximate surface area is 264 Å². The van der Waals surface area contributed by atoms with Crippen LogP contribution in [0.25, 0.3) is 11.3 Å². The first-order chi connectivity index (χ1) is 21.6. The van der Waals surface area contributed by atoms with Crippen LogP contribution >= 0.6 is 0 Å². The van der Waals surface area contributed by atoms with Gasteiger partial charge in [-0.3, -0.25) is 5.32 Å². The van der Waals surface area contributed by atoms with E-state index in [1.165, 1.54) is 0 Å². The molecule has 0 aliphatic carbocycles. The second-order valence-corrected chi connectivity index (χ2v) is 12.3. The van der Waals surface area contributed by atoms with Gasteiger partial charge in [-0.2, -0.15) is 0 Å². The Morgan fingerprint density at radius 2 is 1.76 bits per heavy atom. The second kappa shape index (κ2) is 12.7. The minimum atomic E-state index is -0.581. The number of nitrogens with one attached hydrogen (secondary N) is 1. The number of nitrogens with zero attached hydrogens (tertiary/aromatic N) is 2. The van der Waals surface area contributed by atoms with Gasteiger partial charge in [0.15, 0.2) is 0 Å². The number of carbonyl (C=O) groups excluding carboxylic acids is 1. The Hall–Kier alpha value is -4.76. The summed E-state index contributed by atoms with van der Waals surface area (Å²) in [5.41, 5.74) is 6.91. The monoisotopic (exact) mass is 609 g/mol. The lowest BCUT2D eigenvalue weighted by molar-refractivity contribution is 0.0636. The maximum Gasteiger partial charge on any atom is 0.412 e. The predicted octanol–water partition coefficient (Wildman–Crippen LogP) is 7.52. The first-order valence-corrected chi connectivity index (χ1v) is 15.2. The SMILES string of the molecule is COc1ccc(COc2cc(N3CCOCC3)cc(-c3cc(C)cc4c3Oc3ccc(NC(=O)OC(C)(C)C)cc3C4)n2)cc1. The van der Waals surface area contributed by atoms with Crippen LogP contribution in [0.1, 0.15) is 43.0 Å². The maximum atomic E-state index is 12.4. The summed E-state index contributed by atoms with van der Waals surface area (Å²) in [6.07, 6.45) is 0.154. The van der Waals surface area contributed by atoms with E-state index in [-0.39, 0.29) is 0 Å². The third-order valence-corrected chi connectivity index (χ3v) is 7.59. The van der Waals surface area contributed by atoms with Gasteiger partial charge in [-0.1, -0.05) is 18.2 Å². The zero-order valence-electron chi connectivity index (χ0n) is 26.4. The van der Waals surface area contributed by atoms with Crippen LogP contribution in [0, 0.1) is 6.92 Å². The van der Waals surface area contributed by atoms with Gasteiger partial charge < -0.3 is 28.6 Å². The minimum absolute atomic E-state index is 0.373. The molecule has 6 rings (SSSR count). The zero-order chi connectivity index (χ0) is 31.6. The number of rotatable bonds is 7. The van der Waals surface area contributed by atoms with E-state index in [2.05, 4.69) is 35.3 Å². The number of fused-ring (bicyclic) bond motifs is 2. The number of morpholine rings is 1. The van der Waals surface area contributed by atoms with Crippen molar-refractivity contribution in [2.24, 2.45) is 0 Å². The number of aryl methyl sites for hydroxylation is 1. The summed E-state index contributed by atoms with van der Waals surface area (Å²) in [7, 11) is 1.65. The third kappa shape index (κ3) is 7.32. The largest absolute Gasteiger partial charge is 0.497 e. The average Bonchev–Trinajstić information content (AvgIpc) is 3.02. The quantitative estimate of drug-likeness (QED) is 0.203. The normalized spacial score (nSPS) is 14.1. The highest BCUT2D eigenvalue weighted by molar-refractivity contribution is 5.85. The molecule has 0 saturated carbocycles. The summed E-state index contributed by atoms with van der Waals surface area (Å²) in [6, 6.07) is 21.8. The molecular formula is C36H39N3O6. The number of methoxy groups -OCH3 is 1. The first kappa shape index (κ1) is 30.3. The first-order valence-electron chi connectivity index (χ1n) is 15.2. The van der Waals surface area contributed by atoms with Crippen LogP contribution in [-0.4, -0.2) is 50.1 Å². The average molecular weight is 610 g/mol. The van der Waals surface area contributed by atoms with Gasteiger partial charge in [0.1, 0.15) is 29.5 Å². The van der Waals surface area contributed by atoms with Crippen molar-refractivity contribution in [1.29, 1.82) is 0 Å². The maximum absolute atomic E-state index is 12.4. The number of aromatic nitrogens is 1. The molecule has 3 aromatic carbocycles.